The van der Waals surface area contributed by atoms with Crippen molar-refractivity contribution in [1.82, 2.24) is 4.90 Å². The second-order valence-corrected chi connectivity index (χ2v) is 4.62. The Bertz CT molecular complexity index is 201. The van der Waals surface area contributed by atoms with Gasteiger partial charge in [0.25, 0.3) is 0 Å². The van der Waals surface area contributed by atoms with E-state index in [1.54, 1.807) is 11.0 Å². The Balaban J connectivity index is 4.50. The molecule has 0 saturated heterocycles. The summed E-state index contributed by atoms with van der Waals surface area (Å²) in [6.45, 7) is 12.3. The largest absolute Gasteiger partial charge is 0.336 e. The molecule has 0 aliphatic heterocycles. The molecule has 1 amide bonds. The van der Waals surface area contributed by atoms with Crippen LogP contribution in [0.5, 0.6) is 0 Å². The molecule has 0 rings (SSSR count). The molecule has 0 aliphatic carbocycles. The van der Waals surface area contributed by atoms with Crippen LogP contribution in [-0.4, -0.2) is 28.6 Å². The van der Waals surface area contributed by atoms with Crippen molar-refractivity contribution < 1.29 is 4.79 Å². The van der Waals surface area contributed by atoms with Gasteiger partial charge in [-0.05, 0) is 19.8 Å². The van der Waals surface area contributed by atoms with Crippen molar-refractivity contribution in [1.29, 1.82) is 0 Å². The van der Waals surface area contributed by atoms with E-state index in [0.29, 0.717) is 6.54 Å². The zero-order valence-electron chi connectivity index (χ0n) is 9.53. The van der Waals surface area contributed by atoms with Gasteiger partial charge in [-0.3, -0.25) is 4.79 Å². The van der Waals surface area contributed by atoms with E-state index in [4.69, 9.17) is 0 Å². The van der Waals surface area contributed by atoms with Gasteiger partial charge in [0.2, 0.25) is 5.91 Å². The lowest BCUT2D eigenvalue weighted by Gasteiger charge is -2.29. The minimum atomic E-state index is -0.211. The molecule has 0 radical (unpaired) electrons. The first kappa shape index (κ1) is 13.6. The third-order valence-corrected chi connectivity index (χ3v) is 2.93. The van der Waals surface area contributed by atoms with Crippen molar-refractivity contribution in [3.8, 4) is 0 Å². The van der Waals surface area contributed by atoms with Crippen LogP contribution in [0.3, 0.4) is 0 Å². The fourth-order valence-electron chi connectivity index (χ4n) is 1.15. The standard InChI is InChI=1S/C11H21NOS/c1-6-7-12(9(4)5)11(13)10(14)8(2)3/h6,8-10,14H,1,7H2,2-5H3. The molecule has 0 bridgehead atoms. The van der Waals surface area contributed by atoms with Gasteiger partial charge in [-0.2, -0.15) is 12.6 Å². The molecule has 14 heavy (non-hydrogen) atoms. The number of thiol groups is 1. The molecule has 0 fully saturated rings. The second kappa shape index (κ2) is 6.12. The first-order valence-corrected chi connectivity index (χ1v) is 5.52. The van der Waals surface area contributed by atoms with Crippen molar-refractivity contribution in [3.63, 3.8) is 0 Å². The Morgan fingerprint density at radius 3 is 2.21 bits per heavy atom. The van der Waals surface area contributed by atoms with E-state index in [9.17, 15) is 4.79 Å². The minimum Gasteiger partial charge on any atom is -0.336 e. The Morgan fingerprint density at radius 1 is 1.43 bits per heavy atom. The lowest BCUT2D eigenvalue weighted by molar-refractivity contribution is -0.132. The van der Waals surface area contributed by atoms with Crippen LogP contribution in [0.4, 0.5) is 0 Å². The van der Waals surface area contributed by atoms with Gasteiger partial charge < -0.3 is 4.90 Å². The highest BCUT2D eigenvalue weighted by Gasteiger charge is 2.24. The van der Waals surface area contributed by atoms with E-state index in [2.05, 4.69) is 19.2 Å². The molecule has 2 nitrogen and oxygen atoms in total. The van der Waals surface area contributed by atoms with Crippen LogP contribution < -0.4 is 0 Å². The maximum Gasteiger partial charge on any atom is 0.236 e. The van der Waals surface area contributed by atoms with E-state index in [1.165, 1.54) is 0 Å². The fourth-order valence-corrected chi connectivity index (χ4v) is 1.30. The Labute approximate surface area is 92.8 Å². The molecular formula is C11H21NOS. The first-order chi connectivity index (χ1) is 6.41. The van der Waals surface area contributed by atoms with E-state index in [-0.39, 0.29) is 23.1 Å². The molecular weight excluding hydrogens is 194 g/mol. The number of hydrogen-bond donors (Lipinski definition) is 1. The van der Waals surface area contributed by atoms with Gasteiger partial charge in [-0.1, -0.05) is 19.9 Å². The summed E-state index contributed by atoms with van der Waals surface area (Å²) in [5.74, 6) is 0.357. The molecule has 0 saturated carbocycles. The molecule has 82 valence electrons. The van der Waals surface area contributed by atoms with Crippen LogP contribution in [-0.2, 0) is 4.79 Å². The Hall–Kier alpha value is -0.440. The number of hydrogen-bond acceptors (Lipinski definition) is 2. The smallest absolute Gasteiger partial charge is 0.236 e. The number of rotatable bonds is 5. The van der Waals surface area contributed by atoms with Gasteiger partial charge in [0.15, 0.2) is 0 Å². The maximum absolute atomic E-state index is 11.9. The number of carbonyl (C=O) groups is 1. The molecule has 1 unspecified atom stereocenters. The molecule has 0 spiro atoms. The summed E-state index contributed by atoms with van der Waals surface area (Å²) >= 11 is 4.32. The molecule has 0 heterocycles. The van der Waals surface area contributed by atoms with Crippen molar-refractivity contribution in [2.45, 2.75) is 39.0 Å². The molecule has 0 aromatic carbocycles. The lowest BCUT2D eigenvalue weighted by atomic mass is 10.1. The third-order valence-electron chi connectivity index (χ3n) is 2.12. The van der Waals surface area contributed by atoms with Crippen LogP contribution in [0.2, 0.25) is 0 Å². The van der Waals surface area contributed by atoms with E-state index in [1.807, 2.05) is 27.7 Å². The van der Waals surface area contributed by atoms with Crippen molar-refractivity contribution >= 4 is 18.5 Å². The normalized spacial score (nSPS) is 13.1. The summed E-state index contributed by atoms with van der Waals surface area (Å²) in [5, 5.41) is -0.211. The fraction of sp³-hybridized carbons (Fsp3) is 0.727. The average Bonchev–Trinajstić information content (AvgIpc) is 2.11. The van der Waals surface area contributed by atoms with Gasteiger partial charge in [0.05, 0.1) is 5.25 Å². The number of amides is 1. The van der Waals surface area contributed by atoms with Crippen molar-refractivity contribution in [2.75, 3.05) is 6.54 Å². The van der Waals surface area contributed by atoms with Gasteiger partial charge in [-0.25, -0.2) is 0 Å². The van der Waals surface area contributed by atoms with Gasteiger partial charge in [-0.15, -0.1) is 6.58 Å². The van der Waals surface area contributed by atoms with Crippen LogP contribution in [0, 0.1) is 5.92 Å². The topological polar surface area (TPSA) is 20.3 Å². The highest BCUT2D eigenvalue weighted by atomic mass is 32.1. The summed E-state index contributed by atoms with van der Waals surface area (Å²) in [5.41, 5.74) is 0. The zero-order chi connectivity index (χ0) is 11.3. The summed E-state index contributed by atoms with van der Waals surface area (Å²) in [6, 6.07) is 0.203. The first-order valence-electron chi connectivity index (χ1n) is 5.01. The van der Waals surface area contributed by atoms with E-state index < -0.39 is 0 Å². The van der Waals surface area contributed by atoms with Gasteiger partial charge in [0.1, 0.15) is 0 Å². The van der Waals surface area contributed by atoms with E-state index in [0.717, 1.165) is 0 Å². The van der Waals surface area contributed by atoms with Crippen LogP contribution >= 0.6 is 12.6 Å². The molecule has 1 atom stereocenters. The molecule has 3 heteroatoms. The lowest BCUT2D eigenvalue weighted by Crippen LogP contribution is -2.43. The predicted octanol–water partition coefficient (Wildman–Crippen LogP) is 2.36. The highest BCUT2D eigenvalue weighted by molar-refractivity contribution is 7.81. The second-order valence-electron chi connectivity index (χ2n) is 4.06. The monoisotopic (exact) mass is 215 g/mol. The summed E-state index contributed by atoms with van der Waals surface area (Å²) in [7, 11) is 0. The van der Waals surface area contributed by atoms with Gasteiger partial charge in [0, 0.05) is 12.6 Å². The third kappa shape index (κ3) is 3.74. The Morgan fingerprint density at radius 2 is 1.93 bits per heavy atom. The summed E-state index contributed by atoms with van der Waals surface area (Å²) in [4.78, 5) is 13.7. The SMILES string of the molecule is C=CCN(C(=O)C(S)C(C)C)C(C)C. The van der Waals surface area contributed by atoms with Crippen molar-refractivity contribution in [2.24, 2.45) is 5.92 Å². The summed E-state index contributed by atoms with van der Waals surface area (Å²) in [6.07, 6.45) is 1.75. The molecule has 0 aromatic heterocycles. The van der Waals surface area contributed by atoms with Crippen LogP contribution in [0.15, 0.2) is 12.7 Å². The zero-order valence-corrected chi connectivity index (χ0v) is 10.4. The number of carbonyl (C=O) groups excluding carboxylic acids is 1. The van der Waals surface area contributed by atoms with Crippen molar-refractivity contribution in [3.05, 3.63) is 12.7 Å². The highest BCUT2D eigenvalue weighted by Crippen LogP contribution is 2.14. The van der Waals surface area contributed by atoms with Gasteiger partial charge >= 0.3 is 0 Å². The molecule has 0 N–H and O–H groups in total. The summed E-state index contributed by atoms with van der Waals surface area (Å²) < 4.78 is 0. The van der Waals surface area contributed by atoms with E-state index >= 15 is 0 Å². The quantitative estimate of drug-likeness (QED) is 0.551. The average molecular weight is 215 g/mol. The number of nitrogens with zero attached hydrogens (tertiary/aromatic N) is 1. The van der Waals surface area contributed by atoms with Crippen LogP contribution in [0.25, 0.3) is 0 Å². The minimum absolute atomic E-state index is 0.0956. The molecule has 0 aromatic rings. The Kier molecular flexibility index (Phi) is 5.93. The maximum atomic E-state index is 11.9. The predicted molar refractivity (Wildman–Crippen MR) is 64.7 cm³/mol. The van der Waals surface area contributed by atoms with Crippen LogP contribution in [0.1, 0.15) is 27.7 Å². The molecule has 0 aliphatic rings.